The molecule has 0 saturated carbocycles. The summed E-state index contributed by atoms with van der Waals surface area (Å²) in [4.78, 5) is 3.09. The van der Waals surface area contributed by atoms with Gasteiger partial charge < -0.3 is 14.5 Å². The smallest absolute Gasteiger partial charge is 0.178 e. The van der Waals surface area contributed by atoms with E-state index in [0.29, 0.717) is 0 Å². The first-order chi connectivity index (χ1) is 11.4. The minimum absolute atomic E-state index is 0.789. The van der Waals surface area contributed by atoms with Gasteiger partial charge in [0.25, 0.3) is 0 Å². The zero-order valence-corrected chi connectivity index (χ0v) is 15.4. The molecular weight excluding hydrogens is 286 g/mol. The Morgan fingerprint density at radius 3 is 1.43 bits per heavy atom. The van der Waals surface area contributed by atoms with E-state index in [0.717, 1.165) is 37.6 Å². The first kappa shape index (κ1) is 19.9. The van der Waals surface area contributed by atoms with Crippen LogP contribution in [0.2, 0.25) is 0 Å². The number of H-pyrrole nitrogens is 1. The minimum Gasteiger partial charge on any atom is -0.488 e. The lowest BCUT2D eigenvalue weighted by Crippen LogP contribution is -2.01. The number of aromatic nitrogens is 1. The lowest BCUT2D eigenvalue weighted by molar-refractivity contribution is 0.260. The van der Waals surface area contributed by atoms with Crippen LogP contribution in [-0.4, -0.2) is 18.2 Å². The third-order valence-electron chi connectivity index (χ3n) is 4.18. The predicted octanol–water partition coefficient (Wildman–Crippen LogP) is 6.49. The number of aromatic amines is 1. The molecule has 1 aromatic heterocycles. The highest BCUT2D eigenvalue weighted by atomic mass is 16.5. The third kappa shape index (κ3) is 10.3. The molecule has 3 nitrogen and oxygen atoms in total. The lowest BCUT2D eigenvalue weighted by atomic mass is 10.1. The summed E-state index contributed by atoms with van der Waals surface area (Å²) in [5.74, 6) is 1.73. The van der Waals surface area contributed by atoms with Crippen molar-refractivity contribution in [2.24, 2.45) is 0 Å². The molecule has 0 atom stereocenters. The fourth-order valence-corrected chi connectivity index (χ4v) is 2.69. The van der Waals surface area contributed by atoms with Crippen molar-refractivity contribution in [3.8, 4) is 11.5 Å². The molecular formula is C20H37NO2. The fraction of sp³-hybridized carbons (Fsp3) is 0.800. The van der Waals surface area contributed by atoms with Crippen molar-refractivity contribution in [2.75, 3.05) is 13.2 Å². The van der Waals surface area contributed by atoms with Gasteiger partial charge in [-0.3, -0.25) is 0 Å². The number of hydrogen-bond acceptors (Lipinski definition) is 2. The first-order valence-corrected chi connectivity index (χ1v) is 9.80. The van der Waals surface area contributed by atoms with Gasteiger partial charge in [-0.05, 0) is 12.8 Å². The lowest BCUT2D eigenvalue weighted by Gasteiger charge is -2.09. The summed E-state index contributed by atoms with van der Waals surface area (Å²) in [6.07, 6.45) is 19.3. The van der Waals surface area contributed by atoms with Crippen LogP contribution in [0.3, 0.4) is 0 Å². The first-order valence-electron chi connectivity index (χ1n) is 9.80. The van der Waals surface area contributed by atoms with Gasteiger partial charge in [-0.25, -0.2) is 0 Å². The van der Waals surface area contributed by atoms with Gasteiger partial charge in [0.2, 0.25) is 0 Å². The van der Waals surface area contributed by atoms with Crippen molar-refractivity contribution < 1.29 is 9.47 Å². The highest BCUT2D eigenvalue weighted by molar-refractivity contribution is 5.36. The minimum atomic E-state index is 0.789. The Balaban J connectivity index is 2.04. The van der Waals surface area contributed by atoms with E-state index in [-0.39, 0.29) is 0 Å². The average molecular weight is 324 g/mol. The van der Waals surface area contributed by atoms with Crippen LogP contribution in [0.4, 0.5) is 0 Å². The zero-order valence-electron chi connectivity index (χ0n) is 15.4. The molecule has 0 aliphatic carbocycles. The zero-order chi connectivity index (χ0) is 16.6. The fourth-order valence-electron chi connectivity index (χ4n) is 2.69. The predicted molar refractivity (Wildman–Crippen MR) is 98.5 cm³/mol. The Kier molecular flexibility index (Phi) is 12.5. The van der Waals surface area contributed by atoms with Gasteiger partial charge in [0.15, 0.2) is 11.5 Å². The van der Waals surface area contributed by atoms with E-state index in [2.05, 4.69) is 18.8 Å². The molecule has 1 heterocycles. The third-order valence-corrected chi connectivity index (χ3v) is 4.18. The molecule has 134 valence electrons. The number of ether oxygens (including phenoxy) is 2. The molecule has 0 aliphatic heterocycles. The Labute approximate surface area is 143 Å². The second kappa shape index (κ2) is 14.5. The van der Waals surface area contributed by atoms with Crippen molar-refractivity contribution in [2.45, 2.75) is 90.9 Å². The quantitative estimate of drug-likeness (QED) is 0.353. The number of unbranched alkanes of at least 4 members (excludes halogenated alkanes) is 10. The highest BCUT2D eigenvalue weighted by Gasteiger charge is 2.06. The van der Waals surface area contributed by atoms with E-state index in [9.17, 15) is 0 Å². The van der Waals surface area contributed by atoms with E-state index < -0.39 is 0 Å². The van der Waals surface area contributed by atoms with Gasteiger partial charge in [-0.1, -0.05) is 78.1 Å². The molecule has 23 heavy (non-hydrogen) atoms. The molecule has 1 N–H and O–H groups in total. The van der Waals surface area contributed by atoms with Crippen molar-refractivity contribution in [3.05, 3.63) is 12.4 Å². The molecule has 0 unspecified atom stereocenters. The normalized spacial score (nSPS) is 10.9. The van der Waals surface area contributed by atoms with E-state index in [1.54, 1.807) is 0 Å². The van der Waals surface area contributed by atoms with Crippen molar-refractivity contribution in [1.29, 1.82) is 0 Å². The Morgan fingerprint density at radius 2 is 1.00 bits per heavy atom. The molecule has 0 radical (unpaired) electrons. The van der Waals surface area contributed by atoms with Gasteiger partial charge in [0.1, 0.15) is 0 Å². The SMILES string of the molecule is CCCCCCCCOc1c[nH]cc1OCCCCCCCC. The van der Waals surface area contributed by atoms with Crippen LogP contribution in [0.5, 0.6) is 11.5 Å². The van der Waals surface area contributed by atoms with Crippen LogP contribution < -0.4 is 9.47 Å². The second-order valence-electron chi connectivity index (χ2n) is 6.42. The molecule has 1 aromatic rings. The molecule has 0 fully saturated rings. The molecule has 0 amide bonds. The van der Waals surface area contributed by atoms with Gasteiger partial charge in [0.05, 0.1) is 13.2 Å². The molecule has 1 rings (SSSR count). The molecule has 0 aliphatic rings. The van der Waals surface area contributed by atoms with Crippen molar-refractivity contribution >= 4 is 0 Å². The highest BCUT2D eigenvalue weighted by Crippen LogP contribution is 2.26. The van der Waals surface area contributed by atoms with Crippen LogP contribution in [0, 0.1) is 0 Å². The Hall–Kier alpha value is -1.12. The monoisotopic (exact) mass is 323 g/mol. The molecule has 0 spiro atoms. The topological polar surface area (TPSA) is 34.2 Å². The van der Waals surface area contributed by atoms with Crippen molar-refractivity contribution in [1.82, 2.24) is 4.98 Å². The van der Waals surface area contributed by atoms with E-state index in [4.69, 9.17) is 9.47 Å². The molecule has 0 aromatic carbocycles. The number of hydrogen-bond donors (Lipinski definition) is 1. The summed E-state index contributed by atoms with van der Waals surface area (Å²) < 4.78 is 11.7. The van der Waals surface area contributed by atoms with Gasteiger partial charge in [0, 0.05) is 12.4 Å². The van der Waals surface area contributed by atoms with Crippen LogP contribution in [-0.2, 0) is 0 Å². The van der Waals surface area contributed by atoms with E-state index in [1.807, 2.05) is 12.4 Å². The van der Waals surface area contributed by atoms with Gasteiger partial charge in [-0.15, -0.1) is 0 Å². The second-order valence-corrected chi connectivity index (χ2v) is 6.42. The van der Waals surface area contributed by atoms with Crippen LogP contribution >= 0.6 is 0 Å². The standard InChI is InChI=1S/C20H37NO2/c1-3-5-7-9-11-13-15-22-19-17-21-18-20(19)23-16-14-12-10-8-6-4-2/h17-18,21H,3-16H2,1-2H3. The summed E-state index contributed by atoms with van der Waals surface area (Å²) in [5.41, 5.74) is 0. The maximum Gasteiger partial charge on any atom is 0.178 e. The maximum absolute atomic E-state index is 5.84. The average Bonchev–Trinajstić information content (AvgIpc) is 3.00. The Morgan fingerprint density at radius 1 is 0.609 bits per heavy atom. The van der Waals surface area contributed by atoms with Gasteiger partial charge in [-0.2, -0.15) is 0 Å². The summed E-state index contributed by atoms with van der Waals surface area (Å²) in [6.45, 7) is 6.08. The van der Waals surface area contributed by atoms with E-state index >= 15 is 0 Å². The summed E-state index contributed by atoms with van der Waals surface area (Å²) in [6, 6.07) is 0. The maximum atomic E-state index is 5.84. The Bertz CT molecular complexity index is 330. The molecule has 0 saturated heterocycles. The summed E-state index contributed by atoms with van der Waals surface area (Å²) >= 11 is 0. The largest absolute Gasteiger partial charge is 0.488 e. The van der Waals surface area contributed by atoms with Crippen LogP contribution in [0.1, 0.15) is 90.9 Å². The molecule has 0 bridgehead atoms. The van der Waals surface area contributed by atoms with E-state index in [1.165, 1.54) is 64.2 Å². The van der Waals surface area contributed by atoms with Gasteiger partial charge >= 0.3 is 0 Å². The van der Waals surface area contributed by atoms with Crippen molar-refractivity contribution in [3.63, 3.8) is 0 Å². The summed E-state index contributed by atoms with van der Waals surface area (Å²) in [5, 5.41) is 0. The summed E-state index contributed by atoms with van der Waals surface area (Å²) in [7, 11) is 0. The molecule has 3 heteroatoms. The van der Waals surface area contributed by atoms with Crippen LogP contribution in [0.15, 0.2) is 12.4 Å². The van der Waals surface area contributed by atoms with Crippen LogP contribution in [0.25, 0.3) is 0 Å². The number of nitrogens with one attached hydrogen (secondary N) is 1. The number of rotatable bonds is 16.